The van der Waals surface area contributed by atoms with E-state index in [0.717, 1.165) is 11.3 Å². The molecule has 1 aliphatic heterocycles. The second-order valence-corrected chi connectivity index (χ2v) is 3.66. The summed E-state index contributed by atoms with van der Waals surface area (Å²) in [7, 11) is 0. The molecule has 0 radical (unpaired) electrons. The lowest BCUT2D eigenvalue weighted by Gasteiger charge is -2.05. The van der Waals surface area contributed by atoms with E-state index in [4.69, 9.17) is 9.78 Å². The molecule has 1 aliphatic rings. The Bertz CT molecular complexity index is 432. The first-order valence-electron chi connectivity index (χ1n) is 4.94. The number of rotatable bonds is 3. The van der Waals surface area contributed by atoms with Crippen molar-refractivity contribution in [3.63, 3.8) is 0 Å². The van der Waals surface area contributed by atoms with Crippen molar-refractivity contribution in [3.8, 4) is 0 Å². The van der Waals surface area contributed by atoms with Gasteiger partial charge in [0.15, 0.2) is 0 Å². The molecule has 0 amide bonds. The Balaban J connectivity index is 1.86. The summed E-state index contributed by atoms with van der Waals surface area (Å²) in [4.78, 5) is 13.4. The molecule has 2 heterocycles. The molecule has 76 valence electrons. The highest BCUT2D eigenvalue weighted by atomic mass is 17.4. The van der Waals surface area contributed by atoms with Crippen molar-refractivity contribution in [1.29, 1.82) is 0 Å². The molecule has 0 bridgehead atoms. The molecular weight excluding hydrogens is 190 g/mol. The average Bonchev–Trinajstić information content (AvgIpc) is 2.88. The van der Waals surface area contributed by atoms with E-state index in [2.05, 4.69) is 4.98 Å². The Kier molecular flexibility index (Phi) is 1.87. The third-order valence-corrected chi connectivity index (χ3v) is 2.58. The van der Waals surface area contributed by atoms with Gasteiger partial charge in [-0.1, -0.05) is 30.3 Å². The van der Waals surface area contributed by atoms with Gasteiger partial charge in [0.25, 0.3) is 5.79 Å². The van der Waals surface area contributed by atoms with E-state index in [9.17, 15) is 0 Å². The van der Waals surface area contributed by atoms with Crippen LogP contribution in [0.1, 0.15) is 11.3 Å². The molecular formula is C12H11NO2. The fourth-order valence-electron chi connectivity index (χ4n) is 1.73. The third kappa shape index (κ3) is 1.56. The predicted octanol–water partition coefficient (Wildman–Crippen LogP) is 2.37. The van der Waals surface area contributed by atoms with Crippen LogP contribution in [0.15, 0.2) is 48.7 Å². The summed E-state index contributed by atoms with van der Waals surface area (Å²) in [6, 6.07) is 14.0. The molecule has 0 spiro atoms. The monoisotopic (exact) mass is 201 g/mol. The van der Waals surface area contributed by atoms with Gasteiger partial charge in [0.2, 0.25) is 0 Å². The summed E-state index contributed by atoms with van der Waals surface area (Å²) >= 11 is 0. The van der Waals surface area contributed by atoms with Gasteiger partial charge in [0, 0.05) is 17.5 Å². The normalized spacial score (nSPS) is 17.6. The Morgan fingerprint density at radius 1 is 1.00 bits per heavy atom. The predicted molar refractivity (Wildman–Crippen MR) is 54.8 cm³/mol. The van der Waals surface area contributed by atoms with Crippen LogP contribution in [0.5, 0.6) is 0 Å². The number of hydrogen-bond donors (Lipinski definition) is 1. The van der Waals surface area contributed by atoms with Crippen molar-refractivity contribution < 1.29 is 9.78 Å². The maximum absolute atomic E-state index is 5.14. The molecule has 3 nitrogen and oxygen atoms in total. The van der Waals surface area contributed by atoms with Gasteiger partial charge in [-0.15, -0.1) is 0 Å². The van der Waals surface area contributed by atoms with Crippen LogP contribution in [0, 0.1) is 0 Å². The quantitative estimate of drug-likeness (QED) is 0.611. The van der Waals surface area contributed by atoms with Gasteiger partial charge in [0.1, 0.15) is 0 Å². The summed E-state index contributed by atoms with van der Waals surface area (Å²) in [5.41, 5.74) is 2.16. The highest BCUT2D eigenvalue weighted by Crippen LogP contribution is 2.43. The zero-order chi connectivity index (χ0) is 10.1. The second-order valence-electron chi connectivity index (χ2n) is 3.66. The molecule has 1 saturated heterocycles. The van der Waals surface area contributed by atoms with Crippen molar-refractivity contribution in [1.82, 2.24) is 4.98 Å². The van der Waals surface area contributed by atoms with Crippen molar-refractivity contribution >= 4 is 0 Å². The minimum atomic E-state index is -0.563. The molecule has 1 N–H and O–H groups in total. The molecule has 3 rings (SSSR count). The first kappa shape index (κ1) is 8.71. The van der Waals surface area contributed by atoms with Gasteiger partial charge in [-0.25, -0.2) is 0 Å². The van der Waals surface area contributed by atoms with Crippen LogP contribution in [0.4, 0.5) is 0 Å². The number of aromatic amines is 1. The maximum atomic E-state index is 5.14. The molecule has 1 fully saturated rings. The van der Waals surface area contributed by atoms with E-state index in [1.54, 1.807) is 0 Å². The molecule has 15 heavy (non-hydrogen) atoms. The average molecular weight is 201 g/mol. The van der Waals surface area contributed by atoms with E-state index >= 15 is 0 Å². The molecule has 0 saturated carbocycles. The molecule has 3 heteroatoms. The Labute approximate surface area is 87.6 Å². The Morgan fingerprint density at radius 2 is 1.80 bits per heavy atom. The number of benzene rings is 1. The van der Waals surface area contributed by atoms with E-state index in [-0.39, 0.29) is 0 Å². The van der Waals surface area contributed by atoms with Crippen LogP contribution in [0.3, 0.4) is 0 Å². The maximum Gasteiger partial charge on any atom is 0.264 e. The van der Waals surface area contributed by atoms with Crippen molar-refractivity contribution in [3.05, 3.63) is 59.9 Å². The van der Waals surface area contributed by atoms with Crippen LogP contribution in [0.25, 0.3) is 0 Å². The number of H-pyrrole nitrogens is 1. The largest absolute Gasteiger partial charge is 0.365 e. The van der Waals surface area contributed by atoms with Gasteiger partial charge in [0.05, 0.1) is 6.42 Å². The molecule has 2 aromatic rings. The van der Waals surface area contributed by atoms with Gasteiger partial charge in [-0.05, 0) is 12.1 Å². The van der Waals surface area contributed by atoms with Crippen LogP contribution in [-0.4, -0.2) is 4.98 Å². The fourth-order valence-corrected chi connectivity index (χ4v) is 1.73. The van der Waals surface area contributed by atoms with Crippen molar-refractivity contribution in [2.24, 2.45) is 0 Å². The van der Waals surface area contributed by atoms with Crippen molar-refractivity contribution in [2.75, 3.05) is 0 Å². The summed E-state index contributed by atoms with van der Waals surface area (Å²) in [5, 5.41) is 0. The van der Waals surface area contributed by atoms with E-state index < -0.39 is 5.79 Å². The molecule has 0 atom stereocenters. The summed E-state index contributed by atoms with van der Waals surface area (Å²) in [6.45, 7) is 0. The van der Waals surface area contributed by atoms with Gasteiger partial charge in [-0.2, -0.15) is 9.78 Å². The van der Waals surface area contributed by atoms with E-state index in [1.807, 2.05) is 48.7 Å². The number of hydrogen-bond acceptors (Lipinski definition) is 2. The Hall–Kier alpha value is -1.58. The fraction of sp³-hybridized carbons (Fsp3) is 0.167. The zero-order valence-electron chi connectivity index (χ0n) is 8.14. The second kappa shape index (κ2) is 3.22. The lowest BCUT2D eigenvalue weighted by Crippen LogP contribution is -2.11. The standard InChI is InChI=1S/C12H11NO2/c1-2-5-10(6-3-1)12(14-15-12)9-11-7-4-8-13-11/h1-8,13H,9H2. The summed E-state index contributed by atoms with van der Waals surface area (Å²) in [6.07, 6.45) is 2.61. The summed E-state index contributed by atoms with van der Waals surface area (Å²) < 4.78 is 0. The Morgan fingerprint density at radius 3 is 2.40 bits per heavy atom. The third-order valence-electron chi connectivity index (χ3n) is 2.58. The number of aromatic nitrogens is 1. The minimum absolute atomic E-state index is 0.563. The van der Waals surface area contributed by atoms with Crippen LogP contribution in [-0.2, 0) is 22.0 Å². The first-order valence-corrected chi connectivity index (χ1v) is 4.94. The van der Waals surface area contributed by atoms with Crippen LogP contribution in [0.2, 0.25) is 0 Å². The lowest BCUT2D eigenvalue weighted by atomic mass is 10.0. The van der Waals surface area contributed by atoms with Crippen molar-refractivity contribution in [2.45, 2.75) is 12.2 Å². The first-order chi connectivity index (χ1) is 7.39. The smallest absolute Gasteiger partial charge is 0.264 e. The lowest BCUT2D eigenvalue weighted by molar-refractivity contribution is 0.0850. The topological polar surface area (TPSA) is 40.9 Å². The molecule has 1 aromatic heterocycles. The SMILES string of the molecule is c1ccc(C2(Cc3ccc[nH]3)OO2)cc1. The van der Waals surface area contributed by atoms with E-state index in [1.165, 1.54) is 0 Å². The zero-order valence-corrected chi connectivity index (χ0v) is 8.14. The minimum Gasteiger partial charge on any atom is -0.365 e. The summed E-state index contributed by atoms with van der Waals surface area (Å²) in [5.74, 6) is -0.563. The molecule has 0 aliphatic carbocycles. The number of nitrogens with one attached hydrogen (secondary N) is 1. The molecule has 1 aromatic carbocycles. The van der Waals surface area contributed by atoms with Crippen LogP contribution >= 0.6 is 0 Å². The highest BCUT2D eigenvalue weighted by molar-refractivity contribution is 5.24. The van der Waals surface area contributed by atoms with Gasteiger partial charge < -0.3 is 4.98 Å². The highest BCUT2D eigenvalue weighted by Gasteiger charge is 2.50. The molecule has 0 unspecified atom stereocenters. The van der Waals surface area contributed by atoms with Gasteiger partial charge in [-0.3, -0.25) is 0 Å². The van der Waals surface area contributed by atoms with Crippen LogP contribution < -0.4 is 0 Å². The van der Waals surface area contributed by atoms with Gasteiger partial charge >= 0.3 is 0 Å². The van der Waals surface area contributed by atoms with E-state index in [0.29, 0.717) is 6.42 Å².